The first-order chi connectivity index (χ1) is 10.1. The van der Waals surface area contributed by atoms with Gasteiger partial charge in [0, 0.05) is 17.9 Å². The van der Waals surface area contributed by atoms with E-state index >= 15 is 0 Å². The number of ether oxygens (including phenoxy) is 1. The van der Waals surface area contributed by atoms with E-state index in [0.29, 0.717) is 6.04 Å². The molecular formula is C15H20N4OS. The molecule has 0 saturated carbocycles. The number of aromatic nitrogens is 2. The lowest BCUT2D eigenvalue weighted by molar-refractivity contribution is 0.415. The standard InChI is InChI=1S/C15H20N4OS/c1-10(2)17-11(9-16)6-7-21-15-18-13-5-4-12(20-3)8-14(13)19-15/h4-5,8,10-11,17H,6-7H2,1-3H3,(H,18,19). The Labute approximate surface area is 129 Å². The maximum atomic E-state index is 9.09. The second kappa shape index (κ2) is 7.34. The average Bonchev–Trinajstić information content (AvgIpc) is 2.87. The monoisotopic (exact) mass is 304 g/mol. The van der Waals surface area contributed by atoms with Crippen LogP contribution in [0, 0.1) is 11.3 Å². The van der Waals surface area contributed by atoms with Crippen molar-refractivity contribution >= 4 is 22.8 Å². The minimum Gasteiger partial charge on any atom is -0.497 e. The van der Waals surface area contributed by atoms with Gasteiger partial charge in [-0.3, -0.25) is 5.32 Å². The van der Waals surface area contributed by atoms with Gasteiger partial charge in [0.15, 0.2) is 5.16 Å². The van der Waals surface area contributed by atoms with E-state index in [2.05, 4.69) is 21.4 Å². The Hall–Kier alpha value is -1.71. The van der Waals surface area contributed by atoms with E-state index < -0.39 is 0 Å². The molecule has 112 valence electrons. The fourth-order valence-corrected chi connectivity index (χ4v) is 2.91. The smallest absolute Gasteiger partial charge is 0.166 e. The molecule has 2 rings (SSSR count). The van der Waals surface area contributed by atoms with Crippen molar-refractivity contribution in [1.82, 2.24) is 15.3 Å². The van der Waals surface area contributed by atoms with Crippen LogP contribution in [0.1, 0.15) is 20.3 Å². The summed E-state index contributed by atoms with van der Waals surface area (Å²) < 4.78 is 5.20. The molecule has 1 heterocycles. The molecule has 0 aliphatic heterocycles. The van der Waals surface area contributed by atoms with Crippen molar-refractivity contribution in [3.63, 3.8) is 0 Å². The van der Waals surface area contributed by atoms with Gasteiger partial charge in [-0.1, -0.05) is 11.8 Å². The summed E-state index contributed by atoms with van der Waals surface area (Å²) in [5, 5.41) is 13.2. The molecule has 0 aliphatic rings. The van der Waals surface area contributed by atoms with Crippen molar-refractivity contribution in [1.29, 1.82) is 5.26 Å². The molecule has 0 bridgehead atoms. The first kappa shape index (κ1) is 15.7. The molecule has 0 amide bonds. The Morgan fingerprint density at radius 3 is 2.95 bits per heavy atom. The number of nitrogens with zero attached hydrogens (tertiary/aromatic N) is 2. The number of hydrogen-bond acceptors (Lipinski definition) is 5. The number of fused-ring (bicyclic) bond motifs is 1. The van der Waals surface area contributed by atoms with Gasteiger partial charge in [0.25, 0.3) is 0 Å². The Morgan fingerprint density at radius 2 is 2.29 bits per heavy atom. The predicted molar refractivity (Wildman–Crippen MR) is 85.7 cm³/mol. The van der Waals surface area contributed by atoms with Crippen molar-refractivity contribution in [3.8, 4) is 11.8 Å². The summed E-state index contributed by atoms with van der Waals surface area (Å²) in [6.07, 6.45) is 0.791. The number of H-pyrrole nitrogens is 1. The number of rotatable bonds is 7. The van der Waals surface area contributed by atoms with Crippen LogP contribution in [0.3, 0.4) is 0 Å². The Kier molecular flexibility index (Phi) is 5.48. The topological polar surface area (TPSA) is 73.7 Å². The third-order valence-electron chi connectivity index (χ3n) is 3.00. The third kappa shape index (κ3) is 4.38. The molecule has 1 aromatic carbocycles. The van der Waals surface area contributed by atoms with E-state index in [-0.39, 0.29) is 6.04 Å². The Morgan fingerprint density at radius 1 is 1.48 bits per heavy atom. The van der Waals surface area contributed by atoms with Crippen molar-refractivity contribution in [2.75, 3.05) is 12.9 Å². The van der Waals surface area contributed by atoms with Crippen molar-refractivity contribution < 1.29 is 4.74 Å². The van der Waals surface area contributed by atoms with E-state index in [1.807, 2.05) is 32.0 Å². The highest BCUT2D eigenvalue weighted by Crippen LogP contribution is 2.23. The molecule has 6 heteroatoms. The van der Waals surface area contributed by atoms with Crippen molar-refractivity contribution in [2.45, 2.75) is 37.5 Å². The van der Waals surface area contributed by atoms with E-state index in [0.717, 1.165) is 34.1 Å². The lowest BCUT2D eigenvalue weighted by Gasteiger charge is -2.13. The van der Waals surface area contributed by atoms with Gasteiger partial charge in [-0.25, -0.2) is 4.98 Å². The molecular weight excluding hydrogens is 284 g/mol. The molecule has 1 aromatic heterocycles. The molecule has 0 saturated heterocycles. The van der Waals surface area contributed by atoms with Gasteiger partial charge in [-0.15, -0.1) is 0 Å². The summed E-state index contributed by atoms with van der Waals surface area (Å²) in [5.74, 6) is 1.66. The third-order valence-corrected chi connectivity index (χ3v) is 3.91. The maximum absolute atomic E-state index is 9.09. The second-order valence-corrected chi connectivity index (χ2v) is 6.15. The fraction of sp³-hybridized carbons (Fsp3) is 0.467. The number of hydrogen-bond donors (Lipinski definition) is 2. The second-order valence-electron chi connectivity index (χ2n) is 5.07. The first-order valence-electron chi connectivity index (χ1n) is 6.94. The van der Waals surface area contributed by atoms with E-state index in [4.69, 9.17) is 10.00 Å². The number of methoxy groups -OCH3 is 1. The lowest BCUT2D eigenvalue weighted by Crippen LogP contribution is -2.33. The zero-order valence-corrected chi connectivity index (χ0v) is 13.3. The molecule has 2 aromatic rings. The van der Waals surface area contributed by atoms with Gasteiger partial charge < -0.3 is 9.72 Å². The number of thioether (sulfide) groups is 1. The zero-order valence-electron chi connectivity index (χ0n) is 12.5. The summed E-state index contributed by atoms with van der Waals surface area (Å²) in [5.41, 5.74) is 1.89. The van der Waals surface area contributed by atoms with E-state index in [9.17, 15) is 0 Å². The lowest BCUT2D eigenvalue weighted by atomic mass is 10.2. The SMILES string of the molecule is COc1ccc2nc(SCCC(C#N)NC(C)C)[nH]c2c1. The highest BCUT2D eigenvalue weighted by Gasteiger charge is 2.10. The van der Waals surface area contributed by atoms with Crippen LogP contribution >= 0.6 is 11.8 Å². The molecule has 1 unspecified atom stereocenters. The molecule has 2 N–H and O–H groups in total. The number of aromatic amines is 1. The minimum absolute atomic E-state index is 0.109. The van der Waals surface area contributed by atoms with Crippen LogP contribution < -0.4 is 10.1 Å². The van der Waals surface area contributed by atoms with Crippen LogP contribution in [-0.2, 0) is 0 Å². The van der Waals surface area contributed by atoms with Gasteiger partial charge in [-0.2, -0.15) is 5.26 Å². The molecule has 1 atom stereocenters. The molecule has 0 radical (unpaired) electrons. The maximum Gasteiger partial charge on any atom is 0.166 e. The molecule has 0 fully saturated rings. The van der Waals surface area contributed by atoms with Crippen molar-refractivity contribution in [2.24, 2.45) is 0 Å². The van der Waals surface area contributed by atoms with Crippen LogP contribution in [0.15, 0.2) is 23.4 Å². The van der Waals surface area contributed by atoms with Gasteiger partial charge in [0.2, 0.25) is 0 Å². The van der Waals surface area contributed by atoms with Crippen LogP contribution in [0.25, 0.3) is 11.0 Å². The highest BCUT2D eigenvalue weighted by atomic mass is 32.2. The summed E-state index contributed by atoms with van der Waals surface area (Å²) in [6, 6.07) is 8.27. The highest BCUT2D eigenvalue weighted by molar-refractivity contribution is 7.99. The van der Waals surface area contributed by atoms with Gasteiger partial charge >= 0.3 is 0 Å². The molecule has 0 aliphatic carbocycles. The largest absolute Gasteiger partial charge is 0.497 e. The van der Waals surface area contributed by atoms with E-state index in [1.165, 1.54) is 0 Å². The van der Waals surface area contributed by atoms with Crippen LogP contribution in [-0.4, -0.2) is 34.9 Å². The number of nitriles is 1. The fourth-order valence-electron chi connectivity index (χ4n) is 2.02. The Balaban J connectivity index is 1.93. The number of benzene rings is 1. The summed E-state index contributed by atoms with van der Waals surface area (Å²) in [6.45, 7) is 4.09. The summed E-state index contributed by atoms with van der Waals surface area (Å²) >= 11 is 1.63. The number of imidazole rings is 1. The summed E-state index contributed by atoms with van der Waals surface area (Å²) in [4.78, 5) is 7.79. The Bertz CT molecular complexity index is 632. The van der Waals surface area contributed by atoms with Gasteiger partial charge in [-0.05, 0) is 32.4 Å². The number of nitrogens with one attached hydrogen (secondary N) is 2. The normalized spacial score (nSPS) is 12.5. The quantitative estimate of drug-likeness (QED) is 0.769. The molecule has 21 heavy (non-hydrogen) atoms. The minimum atomic E-state index is -0.109. The first-order valence-corrected chi connectivity index (χ1v) is 7.93. The van der Waals surface area contributed by atoms with Crippen LogP contribution in [0.4, 0.5) is 0 Å². The predicted octanol–water partition coefficient (Wildman–Crippen LogP) is 2.94. The van der Waals surface area contributed by atoms with Gasteiger partial charge in [0.05, 0.1) is 30.3 Å². The molecule has 5 nitrogen and oxygen atoms in total. The van der Waals surface area contributed by atoms with E-state index in [1.54, 1.807) is 18.9 Å². The average molecular weight is 304 g/mol. The zero-order chi connectivity index (χ0) is 15.2. The van der Waals surface area contributed by atoms with Crippen LogP contribution in [0.2, 0.25) is 0 Å². The van der Waals surface area contributed by atoms with Gasteiger partial charge in [0.1, 0.15) is 5.75 Å². The summed E-state index contributed by atoms with van der Waals surface area (Å²) in [7, 11) is 1.65. The van der Waals surface area contributed by atoms with Crippen molar-refractivity contribution in [3.05, 3.63) is 18.2 Å². The van der Waals surface area contributed by atoms with Crippen LogP contribution in [0.5, 0.6) is 5.75 Å². The molecule has 0 spiro atoms.